The zero-order chi connectivity index (χ0) is 13.8. The molecule has 1 aromatic rings. The highest BCUT2D eigenvalue weighted by Crippen LogP contribution is 2.12. The van der Waals surface area contributed by atoms with Crippen LogP contribution in [0.3, 0.4) is 0 Å². The molecule has 1 aliphatic rings. The molecule has 0 radical (unpaired) electrons. The van der Waals surface area contributed by atoms with Crippen LogP contribution in [-0.4, -0.2) is 65.2 Å². The van der Waals surface area contributed by atoms with Crippen LogP contribution >= 0.6 is 0 Å². The van der Waals surface area contributed by atoms with Crippen LogP contribution in [-0.2, 0) is 0 Å². The van der Waals surface area contributed by atoms with Gasteiger partial charge in [0.1, 0.15) is 5.82 Å². The molecule has 0 saturated carbocycles. The van der Waals surface area contributed by atoms with Crippen LogP contribution in [0.25, 0.3) is 0 Å². The second kappa shape index (κ2) is 5.97. The van der Waals surface area contributed by atoms with Crippen molar-refractivity contribution in [2.24, 2.45) is 0 Å². The predicted octanol–water partition coefficient (Wildman–Crippen LogP) is 0.684. The summed E-state index contributed by atoms with van der Waals surface area (Å²) in [5, 5.41) is 10.8. The molecule has 1 aromatic heterocycles. The van der Waals surface area contributed by atoms with Crippen LogP contribution in [0.2, 0.25) is 0 Å². The number of nitrogens with one attached hydrogen (secondary N) is 1. The van der Waals surface area contributed by atoms with E-state index in [1.165, 1.54) is 0 Å². The van der Waals surface area contributed by atoms with Gasteiger partial charge in [0.2, 0.25) is 0 Å². The number of hydrogen-bond donors (Lipinski definition) is 1. The van der Waals surface area contributed by atoms with Crippen molar-refractivity contribution in [2.75, 3.05) is 38.5 Å². The Labute approximate surface area is 113 Å². The number of nitrogens with zero attached hydrogens (tertiary/aromatic N) is 4. The standard InChI is InChI=1S/C13H21N5O/c1-4-17-7-8-18(9-10(17)2)13(19)11-5-6-12(14-3)16-15-11/h5-6,10H,4,7-9H2,1-3H3,(H,14,16). The highest BCUT2D eigenvalue weighted by atomic mass is 16.2. The first-order chi connectivity index (χ1) is 9.15. The Hall–Kier alpha value is -1.69. The second-order valence-corrected chi connectivity index (χ2v) is 4.78. The van der Waals surface area contributed by atoms with Gasteiger partial charge in [-0.05, 0) is 25.6 Å². The van der Waals surface area contributed by atoms with Gasteiger partial charge in [0.25, 0.3) is 5.91 Å². The first kappa shape index (κ1) is 13.7. The number of carbonyl (C=O) groups excluding carboxylic acids is 1. The largest absolute Gasteiger partial charge is 0.372 e. The van der Waals surface area contributed by atoms with Gasteiger partial charge in [-0.1, -0.05) is 6.92 Å². The van der Waals surface area contributed by atoms with Crippen molar-refractivity contribution in [1.29, 1.82) is 0 Å². The third-order valence-electron chi connectivity index (χ3n) is 3.60. The van der Waals surface area contributed by atoms with Gasteiger partial charge >= 0.3 is 0 Å². The molecule has 1 aliphatic heterocycles. The minimum absolute atomic E-state index is 0.0299. The monoisotopic (exact) mass is 263 g/mol. The minimum Gasteiger partial charge on any atom is -0.372 e. The smallest absolute Gasteiger partial charge is 0.274 e. The van der Waals surface area contributed by atoms with Crippen molar-refractivity contribution in [3.8, 4) is 0 Å². The van der Waals surface area contributed by atoms with Crippen LogP contribution < -0.4 is 5.32 Å². The normalized spacial score (nSPS) is 20.4. The Morgan fingerprint density at radius 3 is 2.74 bits per heavy atom. The predicted molar refractivity (Wildman–Crippen MR) is 74.2 cm³/mol. The summed E-state index contributed by atoms with van der Waals surface area (Å²) in [7, 11) is 1.77. The van der Waals surface area contributed by atoms with Crippen molar-refractivity contribution in [1.82, 2.24) is 20.0 Å². The molecule has 1 saturated heterocycles. The first-order valence-corrected chi connectivity index (χ1v) is 6.70. The number of amides is 1. The molecular formula is C13H21N5O. The Balaban J connectivity index is 2.03. The SMILES string of the molecule is CCN1CCN(C(=O)c2ccc(NC)nn2)CC1C. The fourth-order valence-corrected chi connectivity index (χ4v) is 2.39. The highest BCUT2D eigenvalue weighted by Gasteiger charge is 2.26. The topological polar surface area (TPSA) is 61.4 Å². The van der Waals surface area contributed by atoms with E-state index in [9.17, 15) is 4.79 Å². The van der Waals surface area contributed by atoms with E-state index in [0.717, 1.165) is 26.2 Å². The third kappa shape index (κ3) is 3.01. The lowest BCUT2D eigenvalue weighted by Gasteiger charge is -2.39. The van der Waals surface area contributed by atoms with Gasteiger partial charge in [-0.2, -0.15) is 0 Å². The van der Waals surface area contributed by atoms with E-state index < -0.39 is 0 Å². The van der Waals surface area contributed by atoms with Crippen LogP contribution in [0, 0.1) is 0 Å². The Morgan fingerprint density at radius 1 is 1.42 bits per heavy atom. The maximum Gasteiger partial charge on any atom is 0.274 e. The van der Waals surface area contributed by atoms with E-state index in [1.54, 1.807) is 19.2 Å². The van der Waals surface area contributed by atoms with Gasteiger partial charge in [-0.3, -0.25) is 9.69 Å². The maximum absolute atomic E-state index is 12.3. The molecule has 19 heavy (non-hydrogen) atoms. The third-order valence-corrected chi connectivity index (χ3v) is 3.60. The molecule has 2 heterocycles. The summed E-state index contributed by atoms with van der Waals surface area (Å²) in [5.41, 5.74) is 0.413. The lowest BCUT2D eigenvalue weighted by Crippen LogP contribution is -2.53. The van der Waals surface area contributed by atoms with E-state index >= 15 is 0 Å². The summed E-state index contributed by atoms with van der Waals surface area (Å²) in [6.45, 7) is 7.76. The van der Waals surface area contributed by atoms with E-state index in [0.29, 0.717) is 17.6 Å². The molecule has 0 aliphatic carbocycles. The Kier molecular flexibility index (Phi) is 4.31. The summed E-state index contributed by atoms with van der Waals surface area (Å²) >= 11 is 0. The molecule has 6 nitrogen and oxygen atoms in total. The number of carbonyl (C=O) groups is 1. The molecule has 1 amide bonds. The fraction of sp³-hybridized carbons (Fsp3) is 0.615. The lowest BCUT2D eigenvalue weighted by atomic mass is 10.2. The van der Waals surface area contributed by atoms with Crippen molar-refractivity contribution < 1.29 is 4.79 Å². The summed E-state index contributed by atoms with van der Waals surface area (Å²) in [4.78, 5) is 16.6. The van der Waals surface area contributed by atoms with E-state index in [2.05, 4.69) is 34.3 Å². The van der Waals surface area contributed by atoms with Crippen LogP contribution in [0.15, 0.2) is 12.1 Å². The number of anilines is 1. The second-order valence-electron chi connectivity index (χ2n) is 4.78. The molecule has 1 unspecified atom stereocenters. The Bertz CT molecular complexity index is 433. The van der Waals surface area contributed by atoms with Gasteiger partial charge in [-0.15, -0.1) is 10.2 Å². The lowest BCUT2D eigenvalue weighted by molar-refractivity contribution is 0.0522. The molecular weight excluding hydrogens is 242 g/mol. The summed E-state index contributed by atoms with van der Waals surface area (Å²) in [6, 6.07) is 3.89. The number of hydrogen-bond acceptors (Lipinski definition) is 5. The van der Waals surface area contributed by atoms with Gasteiger partial charge in [0.15, 0.2) is 5.69 Å². The van der Waals surface area contributed by atoms with Crippen molar-refractivity contribution in [2.45, 2.75) is 19.9 Å². The zero-order valence-electron chi connectivity index (χ0n) is 11.8. The Morgan fingerprint density at radius 2 is 2.21 bits per heavy atom. The molecule has 2 rings (SSSR count). The van der Waals surface area contributed by atoms with E-state index in [1.807, 2.05) is 4.90 Å². The molecule has 6 heteroatoms. The van der Waals surface area contributed by atoms with Gasteiger partial charge in [-0.25, -0.2) is 0 Å². The van der Waals surface area contributed by atoms with Crippen molar-refractivity contribution in [3.05, 3.63) is 17.8 Å². The van der Waals surface area contributed by atoms with Crippen LogP contribution in [0.4, 0.5) is 5.82 Å². The minimum atomic E-state index is -0.0299. The number of rotatable bonds is 3. The van der Waals surface area contributed by atoms with Crippen molar-refractivity contribution in [3.63, 3.8) is 0 Å². The number of piperazine rings is 1. The van der Waals surface area contributed by atoms with Gasteiger partial charge in [0.05, 0.1) is 0 Å². The van der Waals surface area contributed by atoms with Crippen LogP contribution in [0.1, 0.15) is 24.3 Å². The summed E-state index contributed by atoms with van der Waals surface area (Å²) in [5.74, 6) is 0.637. The first-order valence-electron chi connectivity index (χ1n) is 6.70. The zero-order valence-corrected chi connectivity index (χ0v) is 11.8. The molecule has 1 fully saturated rings. The maximum atomic E-state index is 12.3. The molecule has 1 atom stereocenters. The van der Waals surface area contributed by atoms with E-state index in [4.69, 9.17) is 0 Å². The number of likely N-dealkylation sites (N-methyl/N-ethyl adjacent to an activating group) is 1. The quantitative estimate of drug-likeness (QED) is 0.869. The summed E-state index contributed by atoms with van der Waals surface area (Å²) in [6.07, 6.45) is 0. The number of aromatic nitrogens is 2. The van der Waals surface area contributed by atoms with Gasteiger partial charge in [0, 0.05) is 32.7 Å². The molecule has 1 N–H and O–H groups in total. The fourth-order valence-electron chi connectivity index (χ4n) is 2.39. The average molecular weight is 263 g/mol. The van der Waals surface area contributed by atoms with E-state index in [-0.39, 0.29) is 5.91 Å². The molecule has 0 spiro atoms. The van der Waals surface area contributed by atoms with Crippen molar-refractivity contribution >= 4 is 11.7 Å². The highest BCUT2D eigenvalue weighted by molar-refractivity contribution is 5.92. The molecule has 0 bridgehead atoms. The van der Waals surface area contributed by atoms with Gasteiger partial charge < -0.3 is 10.2 Å². The molecule has 104 valence electrons. The van der Waals surface area contributed by atoms with Crippen LogP contribution in [0.5, 0.6) is 0 Å². The summed E-state index contributed by atoms with van der Waals surface area (Å²) < 4.78 is 0. The average Bonchev–Trinajstić information content (AvgIpc) is 2.46. The molecule has 0 aromatic carbocycles.